The predicted molar refractivity (Wildman–Crippen MR) is 119 cm³/mol. The maximum Gasteiger partial charge on any atom is 0.246 e. The van der Waals surface area contributed by atoms with Crippen molar-refractivity contribution in [3.8, 4) is 0 Å². The van der Waals surface area contributed by atoms with Gasteiger partial charge in [-0.2, -0.15) is 0 Å². The van der Waals surface area contributed by atoms with Gasteiger partial charge < -0.3 is 9.64 Å². The van der Waals surface area contributed by atoms with Gasteiger partial charge in [0.25, 0.3) is 0 Å². The molecule has 2 aliphatic carbocycles. The van der Waals surface area contributed by atoms with Crippen molar-refractivity contribution >= 4 is 12.0 Å². The minimum atomic E-state index is 0.0256. The van der Waals surface area contributed by atoms with Crippen LogP contribution in [0.1, 0.15) is 81.4 Å². The number of likely N-dealkylation sites (N-methyl/N-ethyl adjacent to an activating group) is 1. The van der Waals surface area contributed by atoms with Gasteiger partial charge in [0.15, 0.2) is 0 Å². The van der Waals surface area contributed by atoms with Crippen molar-refractivity contribution < 1.29 is 9.53 Å². The van der Waals surface area contributed by atoms with E-state index < -0.39 is 0 Å². The number of nitrogens with zero attached hydrogens (tertiary/aromatic N) is 1. The van der Waals surface area contributed by atoms with Crippen LogP contribution in [-0.2, 0) is 22.4 Å². The fourth-order valence-corrected chi connectivity index (χ4v) is 5.71. The molecular formula is C26H37NO2. The van der Waals surface area contributed by atoms with Crippen molar-refractivity contribution in [1.82, 2.24) is 4.90 Å². The van der Waals surface area contributed by atoms with Gasteiger partial charge in [0.1, 0.15) is 0 Å². The average Bonchev–Trinajstić information content (AvgIpc) is 3.34. The van der Waals surface area contributed by atoms with Gasteiger partial charge in [-0.05, 0) is 68.2 Å². The quantitative estimate of drug-likeness (QED) is 0.611. The molecule has 0 aromatic heterocycles. The van der Waals surface area contributed by atoms with Crippen LogP contribution in [0, 0.1) is 5.92 Å². The van der Waals surface area contributed by atoms with Gasteiger partial charge in [-0.3, -0.25) is 4.79 Å². The second-order valence-corrected chi connectivity index (χ2v) is 9.26. The van der Waals surface area contributed by atoms with Gasteiger partial charge in [-0.25, -0.2) is 0 Å². The number of ether oxygens (including phenoxy) is 1. The molecule has 3 heteroatoms. The Morgan fingerprint density at radius 2 is 1.86 bits per heavy atom. The molecule has 0 N–H and O–H groups in total. The minimum Gasteiger partial charge on any atom is -0.375 e. The highest BCUT2D eigenvalue weighted by atomic mass is 16.5. The van der Waals surface area contributed by atoms with Crippen LogP contribution in [0.5, 0.6) is 0 Å². The van der Waals surface area contributed by atoms with E-state index in [0.717, 1.165) is 31.7 Å². The standard InChI is InChI=1S/C26H37NO2/c1-2-27(20-24-15-18-29-26(24)16-6-4-3-5-7-17-26)25(28)14-12-21-11-13-22-9-8-10-23(22)19-21/h11-14,19,24H,2-10,15-18,20H2,1H3/b14-12+. The van der Waals surface area contributed by atoms with E-state index in [-0.39, 0.29) is 11.5 Å². The highest BCUT2D eigenvalue weighted by Gasteiger charge is 2.44. The lowest BCUT2D eigenvalue weighted by Gasteiger charge is -2.38. The summed E-state index contributed by atoms with van der Waals surface area (Å²) in [5, 5.41) is 0. The Morgan fingerprint density at radius 3 is 2.66 bits per heavy atom. The molecule has 2 fully saturated rings. The Morgan fingerprint density at radius 1 is 1.10 bits per heavy atom. The first kappa shape index (κ1) is 20.7. The summed E-state index contributed by atoms with van der Waals surface area (Å²) in [6.45, 7) is 4.56. The summed E-state index contributed by atoms with van der Waals surface area (Å²) in [7, 11) is 0. The van der Waals surface area contributed by atoms with Gasteiger partial charge >= 0.3 is 0 Å². The Hall–Kier alpha value is -1.61. The van der Waals surface area contributed by atoms with E-state index in [2.05, 4.69) is 25.1 Å². The first-order chi connectivity index (χ1) is 14.2. The lowest BCUT2D eigenvalue weighted by atomic mass is 9.77. The second kappa shape index (κ2) is 9.47. The van der Waals surface area contributed by atoms with Crippen LogP contribution in [0.15, 0.2) is 24.3 Å². The third kappa shape index (κ3) is 4.77. The van der Waals surface area contributed by atoms with Crippen LogP contribution >= 0.6 is 0 Å². The topological polar surface area (TPSA) is 29.5 Å². The molecule has 1 heterocycles. The lowest BCUT2D eigenvalue weighted by Crippen LogP contribution is -2.44. The summed E-state index contributed by atoms with van der Waals surface area (Å²) in [6, 6.07) is 6.65. The van der Waals surface area contributed by atoms with Crippen LogP contribution in [0.4, 0.5) is 0 Å². The summed E-state index contributed by atoms with van der Waals surface area (Å²) in [5.74, 6) is 0.624. The molecule has 1 saturated heterocycles. The van der Waals surface area contributed by atoms with E-state index in [9.17, 15) is 4.79 Å². The molecule has 1 aliphatic heterocycles. The predicted octanol–water partition coefficient (Wildman–Crippen LogP) is 5.56. The van der Waals surface area contributed by atoms with Gasteiger partial charge in [-0.1, -0.05) is 50.3 Å². The van der Waals surface area contributed by atoms with Crippen molar-refractivity contribution in [2.45, 2.75) is 83.2 Å². The summed E-state index contributed by atoms with van der Waals surface area (Å²) in [6.07, 6.45) is 17.4. The summed E-state index contributed by atoms with van der Waals surface area (Å²) < 4.78 is 6.37. The van der Waals surface area contributed by atoms with Crippen LogP contribution in [-0.4, -0.2) is 36.1 Å². The molecule has 1 aromatic rings. The zero-order valence-corrected chi connectivity index (χ0v) is 18.1. The number of fused-ring (bicyclic) bond motifs is 1. The van der Waals surface area contributed by atoms with Crippen LogP contribution in [0.2, 0.25) is 0 Å². The molecule has 1 spiro atoms. The number of amides is 1. The van der Waals surface area contributed by atoms with Crippen molar-refractivity contribution in [1.29, 1.82) is 0 Å². The molecule has 3 nitrogen and oxygen atoms in total. The average molecular weight is 396 g/mol. The minimum absolute atomic E-state index is 0.0256. The maximum atomic E-state index is 13.0. The largest absolute Gasteiger partial charge is 0.375 e. The van der Waals surface area contributed by atoms with E-state index >= 15 is 0 Å². The number of aryl methyl sites for hydroxylation is 2. The number of hydrogen-bond acceptors (Lipinski definition) is 2. The van der Waals surface area contributed by atoms with Crippen molar-refractivity contribution in [3.63, 3.8) is 0 Å². The highest BCUT2D eigenvalue weighted by molar-refractivity contribution is 5.91. The summed E-state index contributed by atoms with van der Waals surface area (Å²) >= 11 is 0. The van der Waals surface area contributed by atoms with Crippen molar-refractivity contribution in [2.75, 3.05) is 19.7 Å². The molecule has 4 rings (SSSR count). The normalized spacial score (nSPS) is 23.8. The Labute approximate surface area is 176 Å². The zero-order valence-electron chi connectivity index (χ0n) is 18.1. The molecule has 0 radical (unpaired) electrons. The van der Waals surface area contributed by atoms with Crippen molar-refractivity contribution in [2.24, 2.45) is 5.92 Å². The van der Waals surface area contributed by atoms with Crippen molar-refractivity contribution in [3.05, 3.63) is 41.0 Å². The summed E-state index contributed by atoms with van der Waals surface area (Å²) in [5.41, 5.74) is 4.11. The first-order valence-corrected chi connectivity index (χ1v) is 11.9. The Kier molecular flexibility index (Phi) is 6.74. The van der Waals surface area contributed by atoms with Crippen LogP contribution in [0.25, 0.3) is 6.08 Å². The third-order valence-electron chi connectivity index (χ3n) is 7.47. The molecule has 1 amide bonds. The molecule has 1 unspecified atom stereocenters. The third-order valence-corrected chi connectivity index (χ3v) is 7.47. The Bertz CT molecular complexity index is 730. The number of carbonyl (C=O) groups is 1. The molecule has 1 atom stereocenters. The van der Waals surface area contributed by atoms with E-state index in [0.29, 0.717) is 5.92 Å². The van der Waals surface area contributed by atoms with Gasteiger partial charge in [-0.15, -0.1) is 0 Å². The molecule has 1 aromatic carbocycles. The van der Waals surface area contributed by atoms with Gasteiger partial charge in [0.2, 0.25) is 5.91 Å². The van der Waals surface area contributed by atoms with E-state index in [1.54, 1.807) is 6.08 Å². The lowest BCUT2D eigenvalue weighted by molar-refractivity contribution is -0.127. The fourth-order valence-electron chi connectivity index (χ4n) is 5.71. The summed E-state index contributed by atoms with van der Waals surface area (Å²) in [4.78, 5) is 15.0. The monoisotopic (exact) mass is 395 g/mol. The molecular weight excluding hydrogens is 358 g/mol. The number of benzene rings is 1. The fraction of sp³-hybridized carbons (Fsp3) is 0.654. The number of rotatable bonds is 5. The molecule has 158 valence electrons. The molecule has 29 heavy (non-hydrogen) atoms. The first-order valence-electron chi connectivity index (χ1n) is 11.9. The number of carbonyl (C=O) groups excluding carboxylic acids is 1. The van der Waals surface area contributed by atoms with E-state index in [1.807, 2.05) is 11.0 Å². The smallest absolute Gasteiger partial charge is 0.246 e. The molecule has 1 saturated carbocycles. The SMILES string of the molecule is CCN(CC1CCOC12CCCCCCC2)C(=O)/C=C/c1ccc2c(c1)CCC2. The Balaban J connectivity index is 1.40. The van der Waals surface area contributed by atoms with E-state index in [4.69, 9.17) is 4.74 Å². The zero-order chi connectivity index (χ0) is 20.1. The van der Waals surface area contributed by atoms with Crippen LogP contribution < -0.4 is 0 Å². The van der Waals surface area contributed by atoms with E-state index in [1.165, 1.54) is 75.3 Å². The van der Waals surface area contributed by atoms with Gasteiger partial charge in [0.05, 0.1) is 5.60 Å². The number of hydrogen-bond donors (Lipinski definition) is 0. The highest BCUT2D eigenvalue weighted by Crippen LogP contribution is 2.42. The molecule has 3 aliphatic rings. The second-order valence-electron chi connectivity index (χ2n) is 9.26. The maximum absolute atomic E-state index is 13.0. The molecule has 0 bridgehead atoms. The van der Waals surface area contributed by atoms with Gasteiger partial charge in [0, 0.05) is 31.7 Å². The van der Waals surface area contributed by atoms with Crippen LogP contribution in [0.3, 0.4) is 0 Å².